The lowest BCUT2D eigenvalue weighted by Gasteiger charge is -2.03. The number of hydrogen-bond acceptors (Lipinski definition) is 5. The Labute approximate surface area is 100 Å². The van der Waals surface area contributed by atoms with Crippen molar-refractivity contribution in [3.63, 3.8) is 0 Å². The molecule has 0 fully saturated rings. The molecule has 0 radical (unpaired) electrons. The molecule has 0 bridgehead atoms. The van der Waals surface area contributed by atoms with Gasteiger partial charge in [0.2, 0.25) is 11.8 Å². The molecule has 2 rings (SSSR count). The summed E-state index contributed by atoms with van der Waals surface area (Å²) in [5.41, 5.74) is 2.77. The zero-order valence-electron chi connectivity index (χ0n) is 10.5. The highest BCUT2D eigenvalue weighted by Gasteiger charge is 2.14. The van der Waals surface area contributed by atoms with Crippen LogP contribution in [0.3, 0.4) is 0 Å². The van der Waals surface area contributed by atoms with E-state index in [9.17, 15) is 0 Å². The third-order valence-corrected chi connectivity index (χ3v) is 2.70. The summed E-state index contributed by atoms with van der Waals surface area (Å²) in [6.07, 6.45) is 0. The van der Waals surface area contributed by atoms with E-state index in [1.54, 1.807) is 0 Å². The second-order valence-corrected chi connectivity index (χ2v) is 4.04. The standard InChI is InChI=1S/C12H16N4O/c1-7-5-6-10(8(2)14-7)12-16-15-11(17-12)9(3)13-4/h5-6,9,13H,1-4H3. The van der Waals surface area contributed by atoms with E-state index >= 15 is 0 Å². The molecule has 5 heteroatoms. The molecule has 2 heterocycles. The highest BCUT2D eigenvalue weighted by atomic mass is 16.4. The molecular weight excluding hydrogens is 216 g/mol. The van der Waals surface area contributed by atoms with Gasteiger partial charge in [0, 0.05) is 5.69 Å². The second-order valence-electron chi connectivity index (χ2n) is 4.04. The summed E-state index contributed by atoms with van der Waals surface area (Å²) < 4.78 is 5.62. The largest absolute Gasteiger partial charge is 0.419 e. The van der Waals surface area contributed by atoms with Crippen molar-refractivity contribution in [1.29, 1.82) is 0 Å². The lowest BCUT2D eigenvalue weighted by Crippen LogP contribution is -2.12. The van der Waals surface area contributed by atoms with E-state index < -0.39 is 0 Å². The van der Waals surface area contributed by atoms with Crippen LogP contribution in [0.25, 0.3) is 11.5 Å². The van der Waals surface area contributed by atoms with Gasteiger partial charge in [-0.25, -0.2) is 0 Å². The number of rotatable bonds is 3. The van der Waals surface area contributed by atoms with Gasteiger partial charge in [-0.3, -0.25) is 4.98 Å². The molecule has 0 aliphatic rings. The lowest BCUT2D eigenvalue weighted by molar-refractivity contribution is 0.441. The average Bonchev–Trinajstić information content (AvgIpc) is 2.77. The van der Waals surface area contributed by atoms with Crippen molar-refractivity contribution in [1.82, 2.24) is 20.5 Å². The molecule has 0 aliphatic carbocycles. The van der Waals surface area contributed by atoms with Crippen molar-refractivity contribution in [3.05, 3.63) is 29.4 Å². The fourth-order valence-electron chi connectivity index (χ4n) is 1.55. The second kappa shape index (κ2) is 4.63. The van der Waals surface area contributed by atoms with Crippen LogP contribution in [0.2, 0.25) is 0 Å². The van der Waals surface area contributed by atoms with Crippen molar-refractivity contribution in [3.8, 4) is 11.5 Å². The minimum absolute atomic E-state index is 0.0509. The Balaban J connectivity index is 2.37. The minimum Gasteiger partial charge on any atom is -0.419 e. The maximum Gasteiger partial charge on any atom is 0.249 e. The summed E-state index contributed by atoms with van der Waals surface area (Å²) >= 11 is 0. The first-order valence-corrected chi connectivity index (χ1v) is 5.57. The number of aryl methyl sites for hydroxylation is 2. The van der Waals surface area contributed by atoms with Gasteiger partial charge in [0.25, 0.3) is 0 Å². The summed E-state index contributed by atoms with van der Waals surface area (Å²) in [5.74, 6) is 1.11. The summed E-state index contributed by atoms with van der Waals surface area (Å²) in [6, 6.07) is 3.95. The highest BCUT2D eigenvalue weighted by molar-refractivity contribution is 5.55. The van der Waals surface area contributed by atoms with Crippen LogP contribution in [-0.4, -0.2) is 22.2 Å². The Hall–Kier alpha value is -1.75. The van der Waals surface area contributed by atoms with E-state index in [0.717, 1.165) is 17.0 Å². The maximum atomic E-state index is 5.62. The van der Waals surface area contributed by atoms with Crippen molar-refractivity contribution < 1.29 is 4.42 Å². The van der Waals surface area contributed by atoms with Crippen LogP contribution < -0.4 is 5.32 Å². The van der Waals surface area contributed by atoms with Gasteiger partial charge in [0.05, 0.1) is 17.3 Å². The zero-order valence-corrected chi connectivity index (χ0v) is 10.5. The molecule has 0 amide bonds. The molecule has 1 unspecified atom stereocenters. The van der Waals surface area contributed by atoms with Crippen LogP contribution in [0.1, 0.15) is 30.2 Å². The first kappa shape index (κ1) is 11.7. The molecule has 5 nitrogen and oxygen atoms in total. The van der Waals surface area contributed by atoms with Gasteiger partial charge in [-0.1, -0.05) is 0 Å². The molecule has 17 heavy (non-hydrogen) atoms. The number of hydrogen-bond donors (Lipinski definition) is 1. The Morgan fingerprint density at radius 3 is 2.65 bits per heavy atom. The molecule has 90 valence electrons. The quantitative estimate of drug-likeness (QED) is 0.877. The third kappa shape index (κ3) is 2.34. The van der Waals surface area contributed by atoms with E-state index in [2.05, 4.69) is 20.5 Å². The Bertz CT molecular complexity index is 521. The van der Waals surface area contributed by atoms with Gasteiger partial charge in [-0.2, -0.15) is 0 Å². The van der Waals surface area contributed by atoms with Crippen molar-refractivity contribution in [2.45, 2.75) is 26.8 Å². The molecule has 0 aromatic carbocycles. The van der Waals surface area contributed by atoms with Crippen LogP contribution >= 0.6 is 0 Å². The van der Waals surface area contributed by atoms with Gasteiger partial charge in [0.1, 0.15) is 0 Å². The van der Waals surface area contributed by atoms with Gasteiger partial charge < -0.3 is 9.73 Å². The minimum atomic E-state index is 0.0509. The molecule has 0 saturated carbocycles. The lowest BCUT2D eigenvalue weighted by atomic mass is 10.2. The molecular formula is C12H16N4O. The number of nitrogens with zero attached hydrogens (tertiary/aromatic N) is 3. The summed E-state index contributed by atoms with van der Waals surface area (Å²) in [7, 11) is 1.85. The Morgan fingerprint density at radius 1 is 1.24 bits per heavy atom. The Kier molecular flexibility index (Phi) is 3.19. The van der Waals surface area contributed by atoms with Gasteiger partial charge >= 0.3 is 0 Å². The van der Waals surface area contributed by atoms with Crippen LogP contribution in [0, 0.1) is 13.8 Å². The van der Waals surface area contributed by atoms with Crippen LogP contribution in [0.15, 0.2) is 16.5 Å². The third-order valence-electron chi connectivity index (χ3n) is 2.70. The maximum absolute atomic E-state index is 5.62. The van der Waals surface area contributed by atoms with Crippen molar-refractivity contribution >= 4 is 0 Å². The summed E-state index contributed by atoms with van der Waals surface area (Å²) in [5, 5.41) is 11.1. The van der Waals surface area contributed by atoms with E-state index in [0.29, 0.717) is 11.8 Å². The van der Waals surface area contributed by atoms with Gasteiger partial charge in [-0.15, -0.1) is 10.2 Å². The predicted octanol–water partition coefficient (Wildman–Crippen LogP) is 2.03. The van der Waals surface area contributed by atoms with Gasteiger partial charge in [0.15, 0.2) is 0 Å². The number of pyridine rings is 1. The van der Waals surface area contributed by atoms with Crippen LogP contribution in [0.5, 0.6) is 0 Å². The SMILES string of the molecule is CNC(C)c1nnc(-c2ccc(C)nc2C)o1. The fraction of sp³-hybridized carbons (Fsp3) is 0.417. The average molecular weight is 232 g/mol. The normalized spacial score (nSPS) is 12.7. The molecule has 0 saturated heterocycles. The number of aromatic nitrogens is 3. The molecule has 2 aromatic heterocycles. The van der Waals surface area contributed by atoms with Gasteiger partial charge in [-0.05, 0) is 40.0 Å². The van der Waals surface area contributed by atoms with E-state index in [-0.39, 0.29) is 6.04 Å². The zero-order chi connectivity index (χ0) is 12.4. The smallest absolute Gasteiger partial charge is 0.249 e. The van der Waals surface area contributed by atoms with Crippen molar-refractivity contribution in [2.24, 2.45) is 0 Å². The molecule has 0 aliphatic heterocycles. The predicted molar refractivity (Wildman–Crippen MR) is 64.5 cm³/mol. The monoisotopic (exact) mass is 232 g/mol. The molecule has 1 N–H and O–H groups in total. The van der Waals surface area contributed by atoms with E-state index in [1.807, 2.05) is 40.0 Å². The van der Waals surface area contributed by atoms with Crippen LogP contribution in [0.4, 0.5) is 0 Å². The molecule has 0 spiro atoms. The fourth-order valence-corrected chi connectivity index (χ4v) is 1.55. The summed E-state index contributed by atoms with van der Waals surface area (Å²) in [4.78, 5) is 4.38. The molecule has 1 atom stereocenters. The topological polar surface area (TPSA) is 63.8 Å². The molecule has 2 aromatic rings. The first-order valence-electron chi connectivity index (χ1n) is 5.57. The highest BCUT2D eigenvalue weighted by Crippen LogP contribution is 2.22. The van der Waals surface area contributed by atoms with Crippen LogP contribution in [-0.2, 0) is 0 Å². The first-order chi connectivity index (χ1) is 8.11. The van der Waals surface area contributed by atoms with Crippen molar-refractivity contribution in [2.75, 3.05) is 7.05 Å². The summed E-state index contributed by atoms with van der Waals surface area (Å²) in [6.45, 7) is 5.87. The number of nitrogens with one attached hydrogen (secondary N) is 1. The Morgan fingerprint density at radius 2 is 2.00 bits per heavy atom. The van der Waals surface area contributed by atoms with E-state index in [1.165, 1.54) is 0 Å². The van der Waals surface area contributed by atoms with E-state index in [4.69, 9.17) is 4.42 Å².